The molecule has 1 aromatic rings. The summed E-state index contributed by atoms with van der Waals surface area (Å²) in [5, 5.41) is 9.74. The summed E-state index contributed by atoms with van der Waals surface area (Å²) in [5.41, 5.74) is 0.682. The van der Waals surface area contributed by atoms with E-state index < -0.39 is 11.9 Å². The van der Waals surface area contributed by atoms with Gasteiger partial charge in [0.2, 0.25) is 0 Å². The number of allylic oxidation sites excluding steroid dienone is 1. The SMILES string of the molecule is CCCCCC(O)CC(=O)/C=C/c1ccc(F)c(OC)c1. The van der Waals surface area contributed by atoms with Gasteiger partial charge in [-0.15, -0.1) is 0 Å². The standard InChI is InChI=1S/C17H23FO3/c1-3-4-5-6-14(19)12-15(20)9-7-13-8-10-16(18)17(11-13)21-2/h7-11,14,19H,3-6,12H2,1-2H3/b9-7+. The lowest BCUT2D eigenvalue weighted by Gasteiger charge is -2.07. The maximum Gasteiger partial charge on any atom is 0.165 e. The van der Waals surface area contributed by atoms with Gasteiger partial charge >= 0.3 is 0 Å². The first-order valence-electron chi connectivity index (χ1n) is 7.29. The molecule has 0 aliphatic carbocycles. The molecular weight excluding hydrogens is 271 g/mol. The van der Waals surface area contributed by atoms with Gasteiger partial charge in [0, 0.05) is 6.42 Å². The number of ketones is 1. The minimum Gasteiger partial charge on any atom is -0.494 e. The van der Waals surface area contributed by atoms with E-state index in [-0.39, 0.29) is 18.0 Å². The molecule has 0 aliphatic rings. The Labute approximate surface area is 125 Å². The molecule has 0 fully saturated rings. The lowest BCUT2D eigenvalue weighted by molar-refractivity contribution is -0.116. The van der Waals surface area contributed by atoms with Crippen molar-refractivity contribution < 1.29 is 19.0 Å². The quantitative estimate of drug-likeness (QED) is 0.557. The molecule has 4 heteroatoms. The fourth-order valence-electron chi connectivity index (χ4n) is 2.00. The van der Waals surface area contributed by atoms with Gasteiger partial charge in [0.25, 0.3) is 0 Å². The van der Waals surface area contributed by atoms with Gasteiger partial charge in [0.1, 0.15) is 0 Å². The van der Waals surface area contributed by atoms with Crippen LogP contribution in [0.15, 0.2) is 24.3 Å². The Balaban J connectivity index is 2.50. The van der Waals surface area contributed by atoms with Crippen LogP contribution in [-0.2, 0) is 4.79 Å². The molecule has 0 aromatic heterocycles. The summed E-state index contributed by atoms with van der Waals surface area (Å²) in [5.74, 6) is -0.432. The molecule has 0 saturated carbocycles. The highest BCUT2D eigenvalue weighted by Crippen LogP contribution is 2.19. The second kappa shape index (κ2) is 9.29. The van der Waals surface area contributed by atoms with Crippen LogP contribution in [0.4, 0.5) is 4.39 Å². The van der Waals surface area contributed by atoms with Gasteiger partial charge in [-0.1, -0.05) is 38.3 Å². The van der Waals surface area contributed by atoms with Crippen molar-refractivity contribution in [2.24, 2.45) is 0 Å². The van der Waals surface area contributed by atoms with Gasteiger partial charge in [-0.25, -0.2) is 4.39 Å². The number of aliphatic hydroxyl groups excluding tert-OH is 1. The lowest BCUT2D eigenvalue weighted by Crippen LogP contribution is -2.11. The molecule has 0 spiro atoms. The Kier molecular flexibility index (Phi) is 7.69. The predicted octanol–water partition coefficient (Wildman–Crippen LogP) is 3.75. The number of benzene rings is 1. The van der Waals surface area contributed by atoms with Crippen LogP contribution < -0.4 is 4.74 Å². The molecule has 3 nitrogen and oxygen atoms in total. The van der Waals surface area contributed by atoms with E-state index in [2.05, 4.69) is 6.92 Å². The molecule has 1 aromatic carbocycles. The van der Waals surface area contributed by atoms with E-state index in [0.29, 0.717) is 12.0 Å². The minimum absolute atomic E-state index is 0.124. The molecule has 0 aliphatic heterocycles. The van der Waals surface area contributed by atoms with E-state index >= 15 is 0 Å². The molecule has 0 saturated heterocycles. The summed E-state index contributed by atoms with van der Waals surface area (Å²) in [6.45, 7) is 2.09. The molecule has 1 unspecified atom stereocenters. The maximum atomic E-state index is 13.2. The Morgan fingerprint density at radius 3 is 2.86 bits per heavy atom. The molecule has 0 amide bonds. The van der Waals surface area contributed by atoms with E-state index in [1.807, 2.05) is 0 Å². The van der Waals surface area contributed by atoms with Crippen LogP contribution in [0.5, 0.6) is 5.75 Å². The molecule has 21 heavy (non-hydrogen) atoms. The van der Waals surface area contributed by atoms with Crippen LogP contribution in [0, 0.1) is 5.82 Å². The number of hydrogen-bond acceptors (Lipinski definition) is 3. The number of carbonyl (C=O) groups excluding carboxylic acids is 1. The number of hydrogen-bond donors (Lipinski definition) is 1. The second-order valence-corrected chi connectivity index (χ2v) is 5.05. The third-order valence-corrected chi connectivity index (χ3v) is 3.21. The topological polar surface area (TPSA) is 46.5 Å². The monoisotopic (exact) mass is 294 g/mol. The minimum atomic E-state index is -0.587. The van der Waals surface area contributed by atoms with Crippen molar-refractivity contribution in [3.8, 4) is 5.75 Å². The van der Waals surface area contributed by atoms with Crippen LogP contribution in [0.3, 0.4) is 0 Å². The highest BCUT2D eigenvalue weighted by atomic mass is 19.1. The molecule has 0 bridgehead atoms. The van der Waals surface area contributed by atoms with Crippen LogP contribution in [0.25, 0.3) is 6.08 Å². The fraction of sp³-hybridized carbons (Fsp3) is 0.471. The van der Waals surface area contributed by atoms with Crippen molar-refractivity contribution in [2.45, 2.75) is 45.1 Å². The highest BCUT2D eigenvalue weighted by molar-refractivity contribution is 5.93. The molecule has 116 valence electrons. The third-order valence-electron chi connectivity index (χ3n) is 3.21. The molecule has 1 N–H and O–H groups in total. The van der Waals surface area contributed by atoms with E-state index in [1.54, 1.807) is 12.1 Å². The number of ether oxygens (including phenoxy) is 1. The summed E-state index contributed by atoms with van der Waals surface area (Å²) in [6, 6.07) is 4.39. The lowest BCUT2D eigenvalue weighted by atomic mass is 10.0. The van der Waals surface area contributed by atoms with Gasteiger partial charge in [-0.05, 0) is 30.2 Å². The van der Waals surface area contributed by atoms with Crippen molar-refractivity contribution in [1.29, 1.82) is 0 Å². The largest absolute Gasteiger partial charge is 0.494 e. The first-order valence-corrected chi connectivity index (χ1v) is 7.29. The number of methoxy groups -OCH3 is 1. The average molecular weight is 294 g/mol. The molecule has 0 heterocycles. The van der Waals surface area contributed by atoms with Crippen molar-refractivity contribution in [3.63, 3.8) is 0 Å². The number of unbranched alkanes of at least 4 members (excludes halogenated alkanes) is 2. The highest BCUT2D eigenvalue weighted by Gasteiger charge is 2.08. The van der Waals surface area contributed by atoms with Crippen LogP contribution in [0.2, 0.25) is 0 Å². The average Bonchev–Trinajstić information content (AvgIpc) is 2.46. The van der Waals surface area contributed by atoms with Gasteiger partial charge in [-0.3, -0.25) is 4.79 Å². The van der Waals surface area contributed by atoms with Gasteiger partial charge < -0.3 is 9.84 Å². The van der Waals surface area contributed by atoms with Crippen LogP contribution >= 0.6 is 0 Å². The summed E-state index contributed by atoms with van der Waals surface area (Å²) in [7, 11) is 1.39. The zero-order valence-corrected chi connectivity index (χ0v) is 12.6. The summed E-state index contributed by atoms with van der Waals surface area (Å²) in [4.78, 5) is 11.7. The van der Waals surface area contributed by atoms with Gasteiger partial charge in [0.05, 0.1) is 13.2 Å². The molecule has 0 radical (unpaired) electrons. The van der Waals surface area contributed by atoms with Crippen molar-refractivity contribution >= 4 is 11.9 Å². The van der Waals surface area contributed by atoms with E-state index in [4.69, 9.17) is 4.74 Å². The fourth-order valence-corrected chi connectivity index (χ4v) is 2.00. The zero-order chi connectivity index (χ0) is 15.7. The normalized spacial score (nSPS) is 12.6. The predicted molar refractivity (Wildman–Crippen MR) is 81.8 cm³/mol. The smallest absolute Gasteiger partial charge is 0.165 e. The van der Waals surface area contributed by atoms with Crippen molar-refractivity contribution in [2.75, 3.05) is 7.11 Å². The summed E-state index contributed by atoms with van der Waals surface area (Å²) >= 11 is 0. The van der Waals surface area contributed by atoms with Crippen LogP contribution in [-0.4, -0.2) is 24.1 Å². The van der Waals surface area contributed by atoms with Crippen LogP contribution in [0.1, 0.15) is 44.6 Å². The Morgan fingerprint density at radius 2 is 2.19 bits per heavy atom. The Bertz CT molecular complexity index is 483. The Morgan fingerprint density at radius 1 is 1.43 bits per heavy atom. The summed E-state index contributed by atoms with van der Waals surface area (Å²) < 4.78 is 18.1. The first kappa shape index (κ1) is 17.4. The number of halogens is 1. The van der Waals surface area contributed by atoms with Crippen molar-refractivity contribution in [1.82, 2.24) is 0 Å². The van der Waals surface area contributed by atoms with E-state index in [0.717, 1.165) is 19.3 Å². The maximum absolute atomic E-state index is 13.2. The second-order valence-electron chi connectivity index (χ2n) is 5.05. The molecular formula is C17H23FO3. The first-order chi connectivity index (χ1) is 10.1. The zero-order valence-electron chi connectivity index (χ0n) is 12.6. The Hall–Kier alpha value is -1.68. The molecule has 1 atom stereocenters. The third kappa shape index (κ3) is 6.54. The van der Waals surface area contributed by atoms with E-state index in [1.165, 1.54) is 25.3 Å². The summed E-state index contributed by atoms with van der Waals surface area (Å²) in [6.07, 6.45) is 6.29. The number of carbonyl (C=O) groups is 1. The molecule has 1 rings (SSSR count). The van der Waals surface area contributed by atoms with Gasteiger partial charge in [0.15, 0.2) is 17.3 Å². The number of aliphatic hydroxyl groups is 1. The number of rotatable bonds is 9. The van der Waals surface area contributed by atoms with Gasteiger partial charge in [-0.2, -0.15) is 0 Å². The van der Waals surface area contributed by atoms with E-state index in [9.17, 15) is 14.3 Å². The van der Waals surface area contributed by atoms with Crippen molar-refractivity contribution in [3.05, 3.63) is 35.7 Å².